The van der Waals surface area contributed by atoms with Crippen molar-refractivity contribution in [3.8, 4) is 0 Å². The van der Waals surface area contributed by atoms with E-state index >= 15 is 0 Å². The van der Waals surface area contributed by atoms with Crippen LogP contribution in [-0.2, 0) is 10.0 Å². The number of alkyl halides is 2. The molecule has 0 amide bonds. The Morgan fingerprint density at radius 2 is 1.79 bits per heavy atom. The van der Waals surface area contributed by atoms with Crippen LogP contribution >= 0.6 is 31.9 Å². The van der Waals surface area contributed by atoms with Crippen molar-refractivity contribution < 1.29 is 8.42 Å². The van der Waals surface area contributed by atoms with Crippen LogP contribution in [0.25, 0.3) is 0 Å². The van der Waals surface area contributed by atoms with Crippen LogP contribution in [0.1, 0.15) is 26.7 Å². The molecule has 0 aromatic heterocycles. The van der Waals surface area contributed by atoms with Gasteiger partial charge in [0.05, 0.1) is 5.75 Å². The predicted molar refractivity (Wildman–Crippen MR) is 67.8 cm³/mol. The largest absolute Gasteiger partial charge is 0.212 e. The van der Waals surface area contributed by atoms with E-state index in [4.69, 9.17) is 0 Å². The smallest absolute Gasteiger partial charge is 0.212 e. The van der Waals surface area contributed by atoms with Crippen molar-refractivity contribution in [1.82, 2.24) is 4.72 Å². The topological polar surface area (TPSA) is 46.2 Å². The molecule has 0 aliphatic carbocycles. The average molecular weight is 351 g/mol. The van der Waals surface area contributed by atoms with Crippen molar-refractivity contribution in [3.63, 3.8) is 0 Å². The molecule has 0 aromatic carbocycles. The molecular weight excluding hydrogens is 334 g/mol. The number of hydrogen-bond donors (Lipinski definition) is 1. The van der Waals surface area contributed by atoms with Crippen LogP contribution in [0, 0.1) is 0 Å². The van der Waals surface area contributed by atoms with Crippen molar-refractivity contribution in [2.45, 2.75) is 32.2 Å². The molecule has 6 heteroatoms. The summed E-state index contributed by atoms with van der Waals surface area (Å²) >= 11 is 6.59. The SMILES string of the molecule is CCCCS(=O)(=O)NC(C)(CBr)CBr. The molecule has 14 heavy (non-hydrogen) atoms. The number of sulfonamides is 1. The summed E-state index contributed by atoms with van der Waals surface area (Å²) < 4.78 is 25.8. The summed E-state index contributed by atoms with van der Waals surface area (Å²) in [4.78, 5) is 0. The second-order valence-electron chi connectivity index (χ2n) is 3.60. The first kappa shape index (κ1) is 14.9. The first-order valence-electron chi connectivity index (χ1n) is 4.52. The van der Waals surface area contributed by atoms with Crippen molar-refractivity contribution in [1.29, 1.82) is 0 Å². The predicted octanol–water partition coefficient (Wildman–Crippen LogP) is 2.25. The van der Waals surface area contributed by atoms with Gasteiger partial charge in [0, 0.05) is 16.2 Å². The normalized spacial score (nSPS) is 13.1. The highest BCUT2D eigenvalue weighted by Gasteiger charge is 2.27. The molecule has 0 rings (SSSR count). The van der Waals surface area contributed by atoms with Crippen LogP contribution in [0.5, 0.6) is 0 Å². The van der Waals surface area contributed by atoms with Gasteiger partial charge in [0.2, 0.25) is 10.0 Å². The highest BCUT2D eigenvalue weighted by atomic mass is 79.9. The van der Waals surface area contributed by atoms with Crippen LogP contribution in [0.2, 0.25) is 0 Å². The van der Waals surface area contributed by atoms with Crippen LogP contribution in [-0.4, -0.2) is 30.4 Å². The lowest BCUT2D eigenvalue weighted by Gasteiger charge is -2.25. The Balaban J connectivity index is 4.33. The molecule has 3 nitrogen and oxygen atoms in total. The van der Waals surface area contributed by atoms with Gasteiger partial charge in [0.25, 0.3) is 0 Å². The molecule has 1 N–H and O–H groups in total. The van der Waals surface area contributed by atoms with E-state index < -0.39 is 15.6 Å². The first-order chi connectivity index (χ1) is 6.39. The fourth-order valence-corrected chi connectivity index (χ4v) is 4.10. The third-order valence-corrected chi connectivity index (χ3v) is 5.86. The van der Waals surface area contributed by atoms with Gasteiger partial charge in [-0.05, 0) is 13.3 Å². The van der Waals surface area contributed by atoms with E-state index in [1.807, 2.05) is 13.8 Å². The Morgan fingerprint density at radius 1 is 1.29 bits per heavy atom. The minimum atomic E-state index is -3.14. The molecule has 0 unspecified atom stereocenters. The minimum absolute atomic E-state index is 0.207. The van der Waals surface area contributed by atoms with E-state index in [-0.39, 0.29) is 5.75 Å². The van der Waals surface area contributed by atoms with Gasteiger partial charge in [0.15, 0.2) is 0 Å². The number of halogens is 2. The van der Waals surface area contributed by atoms with E-state index in [0.29, 0.717) is 17.1 Å². The van der Waals surface area contributed by atoms with Gasteiger partial charge in [0.1, 0.15) is 0 Å². The zero-order valence-corrected chi connectivity index (χ0v) is 12.5. The zero-order chi connectivity index (χ0) is 11.2. The molecule has 0 aliphatic rings. The lowest BCUT2D eigenvalue weighted by molar-refractivity contribution is 0.507. The molecule has 0 aromatic rings. The van der Waals surface area contributed by atoms with Gasteiger partial charge in [-0.3, -0.25) is 0 Å². The summed E-state index contributed by atoms with van der Waals surface area (Å²) in [6.45, 7) is 3.84. The molecule has 86 valence electrons. The van der Waals surface area contributed by atoms with E-state index in [2.05, 4.69) is 36.6 Å². The molecule has 0 fully saturated rings. The Hall–Kier alpha value is 0.870. The highest BCUT2D eigenvalue weighted by Crippen LogP contribution is 2.13. The quantitative estimate of drug-likeness (QED) is 0.716. The summed E-state index contributed by atoms with van der Waals surface area (Å²) in [6, 6.07) is 0. The van der Waals surface area contributed by atoms with Crippen molar-refractivity contribution in [2.24, 2.45) is 0 Å². The van der Waals surface area contributed by atoms with Crippen molar-refractivity contribution in [2.75, 3.05) is 16.4 Å². The maximum absolute atomic E-state index is 11.6. The maximum atomic E-state index is 11.6. The average Bonchev–Trinajstić information content (AvgIpc) is 2.14. The van der Waals surface area contributed by atoms with Gasteiger partial charge in [-0.25, -0.2) is 13.1 Å². The lowest BCUT2D eigenvalue weighted by atomic mass is 10.1. The van der Waals surface area contributed by atoms with E-state index in [1.54, 1.807) is 0 Å². The summed E-state index contributed by atoms with van der Waals surface area (Å²) in [6.07, 6.45) is 1.59. The number of rotatable bonds is 7. The Bertz CT molecular complexity index is 250. The van der Waals surface area contributed by atoms with Crippen LogP contribution in [0.15, 0.2) is 0 Å². The second kappa shape index (κ2) is 6.45. The molecule has 0 heterocycles. The minimum Gasteiger partial charge on any atom is -0.212 e. The molecular formula is C8H17Br2NO2S. The number of unbranched alkanes of at least 4 members (excludes halogenated alkanes) is 1. The Morgan fingerprint density at radius 3 is 2.14 bits per heavy atom. The molecule has 0 spiro atoms. The molecule has 0 atom stereocenters. The standard InChI is InChI=1S/C8H17Br2NO2S/c1-3-4-5-14(12,13)11-8(2,6-9)7-10/h11H,3-7H2,1-2H3. The third-order valence-electron chi connectivity index (χ3n) is 1.76. The molecule has 0 aliphatic heterocycles. The highest BCUT2D eigenvalue weighted by molar-refractivity contribution is 9.09. The fourth-order valence-electron chi connectivity index (χ4n) is 0.851. The van der Waals surface area contributed by atoms with E-state index in [0.717, 1.165) is 6.42 Å². The van der Waals surface area contributed by atoms with Gasteiger partial charge in [-0.1, -0.05) is 45.2 Å². The van der Waals surface area contributed by atoms with Crippen LogP contribution in [0.4, 0.5) is 0 Å². The van der Waals surface area contributed by atoms with Crippen LogP contribution in [0.3, 0.4) is 0 Å². The second-order valence-corrected chi connectivity index (χ2v) is 6.57. The monoisotopic (exact) mass is 349 g/mol. The fraction of sp³-hybridized carbons (Fsp3) is 1.00. The summed E-state index contributed by atoms with van der Waals surface area (Å²) in [7, 11) is -3.14. The van der Waals surface area contributed by atoms with Gasteiger partial charge >= 0.3 is 0 Å². The van der Waals surface area contributed by atoms with Gasteiger partial charge in [-0.15, -0.1) is 0 Å². The molecule has 0 bridgehead atoms. The molecule has 0 saturated heterocycles. The van der Waals surface area contributed by atoms with Gasteiger partial charge < -0.3 is 0 Å². The zero-order valence-electron chi connectivity index (χ0n) is 8.52. The lowest BCUT2D eigenvalue weighted by Crippen LogP contribution is -2.49. The number of hydrogen-bond acceptors (Lipinski definition) is 2. The number of nitrogens with one attached hydrogen (secondary N) is 1. The van der Waals surface area contributed by atoms with Gasteiger partial charge in [-0.2, -0.15) is 0 Å². The first-order valence-corrected chi connectivity index (χ1v) is 8.42. The summed E-state index contributed by atoms with van der Waals surface area (Å²) in [5, 5.41) is 1.19. The maximum Gasteiger partial charge on any atom is 0.212 e. The molecule has 0 saturated carbocycles. The Labute approximate surface area is 103 Å². The van der Waals surface area contributed by atoms with Crippen LogP contribution < -0.4 is 4.72 Å². The third kappa shape index (κ3) is 5.68. The van der Waals surface area contributed by atoms with E-state index in [9.17, 15) is 8.42 Å². The molecule has 0 radical (unpaired) electrons. The van der Waals surface area contributed by atoms with Crippen molar-refractivity contribution in [3.05, 3.63) is 0 Å². The van der Waals surface area contributed by atoms with E-state index in [1.165, 1.54) is 0 Å². The van der Waals surface area contributed by atoms with Crippen molar-refractivity contribution >= 4 is 41.9 Å². The summed E-state index contributed by atoms with van der Waals surface area (Å²) in [5.41, 5.74) is -0.438. The Kier molecular flexibility index (Phi) is 6.85. The summed E-state index contributed by atoms with van der Waals surface area (Å²) in [5.74, 6) is 0.207.